The Kier molecular flexibility index (Phi) is 3.85. The lowest BCUT2D eigenvalue weighted by atomic mass is 9.71. The number of hydrogen-bond donors (Lipinski definition) is 1. The first-order chi connectivity index (χ1) is 10.1. The number of rotatable bonds is 2. The molecule has 3 fully saturated rings. The van der Waals surface area contributed by atoms with E-state index >= 15 is 0 Å². The van der Waals surface area contributed by atoms with Crippen LogP contribution in [0, 0.1) is 11.3 Å². The van der Waals surface area contributed by atoms with E-state index < -0.39 is 5.54 Å². The highest BCUT2D eigenvalue weighted by atomic mass is 16.2. The minimum absolute atomic E-state index is 0.0427. The Bertz CT molecular complexity index is 442. The molecule has 1 heterocycles. The van der Waals surface area contributed by atoms with E-state index in [1.165, 1.54) is 12.8 Å². The van der Waals surface area contributed by atoms with Crippen molar-refractivity contribution in [2.75, 3.05) is 6.54 Å². The molecule has 21 heavy (non-hydrogen) atoms. The topological polar surface area (TPSA) is 63.4 Å². The SMILES string of the molecule is CC1CCCCC1(CN)N1C(=O)CC2(CCCCC2)C1=O. The van der Waals surface area contributed by atoms with Gasteiger partial charge in [0.2, 0.25) is 11.8 Å². The summed E-state index contributed by atoms with van der Waals surface area (Å²) < 4.78 is 0. The van der Waals surface area contributed by atoms with Gasteiger partial charge in [-0.15, -0.1) is 0 Å². The van der Waals surface area contributed by atoms with Crippen LogP contribution in [0.25, 0.3) is 0 Å². The van der Waals surface area contributed by atoms with Crippen molar-refractivity contribution in [2.24, 2.45) is 17.1 Å². The smallest absolute Gasteiger partial charge is 0.236 e. The van der Waals surface area contributed by atoms with Gasteiger partial charge in [0.25, 0.3) is 0 Å². The van der Waals surface area contributed by atoms with Gasteiger partial charge in [0.05, 0.1) is 11.0 Å². The zero-order valence-electron chi connectivity index (χ0n) is 13.2. The Balaban J connectivity index is 1.93. The van der Waals surface area contributed by atoms with Crippen molar-refractivity contribution in [3.8, 4) is 0 Å². The van der Waals surface area contributed by atoms with E-state index in [-0.39, 0.29) is 17.2 Å². The zero-order valence-corrected chi connectivity index (χ0v) is 13.2. The minimum Gasteiger partial charge on any atom is -0.328 e. The van der Waals surface area contributed by atoms with E-state index in [0.717, 1.165) is 44.9 Å². The summed E-state index contributed by atoms with van der Waals surface area (Å²) in [5.74, 6) is 0.468. The van der Waals surface area contributed by atoms with E-state index in [0.29, 0.717) is 18.9 Å². The average molecular weight is 292 g/mol. The Hall–Kier alpha value is -0.900. The molecule has 3 rings (SSSR count). The van der Waals surface area contributed by atoms with Gasteiger partial charge in [0, 0.05) is 13.0 Å². The number of nitrogens with zero attached hydrogens (tertiary/aromatic N) is 1. The van der Waals surface area contributed by atoms with Gasteiger partial charge in [-0.25, -0.2) is 0 Å². The van der Waals surface area contributed by atoms with Crippen LogP contribution in [0.3, 0.4) is 0 Å². The monoisotopic (exact) mass is 292 g/mol. The van der Waals surface area contributed by atoms with Crippen molar-refractivity contribution in [3.05, 3.63) is 0 Å². The summed E-state index contributed by atoms with van der Waals surface area (Å²) >= 11 is 0. The molecule has 2 saturated carbocycles. The van der Waals surface area contributed by atoms with E-state index in [9.17, 15) is 9.59 Å². The molecule has 0 radical (unpaired) electrons. The summed E-state index contributed by atoms with van der Waals surface area (Å²) in [6, 6.07) is 0. The Morgan fingerprint density at radius 2 is 1.76 bits per heavy atom. The lowest BCUT2D eigenvalue weighted by molar-refractivity contribution is -0.153. The zero-order chi connectivity index (χ0) is 15.1. The maximum Gasteiger partial charge on any atom is 0.236 e. The summed E-state index contributed by atoms with van der Waals surface area (Å²) in [7, 11) is 0. The summed E-state index contributed by atoms with van der Waals surface area (Å²) in [4.78, 5) is 27.5. The summed E-state index contributed by atoms with van der Waals surface area (Å²) in [5.41, 5.74) is 5.32. The van der Waals surface area contributed by atoms with Crippen LogP contribution < -0.4 is 5.73 Å². The predicted molar refractivity (Wildman–Crippen MR) is 81.4 cm³/mol. The largest absolute Gasteiger partial charge is 0.328 e. The highest BCUT2D eigenvalue weighted by Crippen LogP contribution is 2.50. The van der Waals surface area contributed by atoms with Gasteiger partial charge in [-0.3, -0.25) is 14.5 Å². The number of amides is 2. The third-order valence-electron chi connectivity index (χ3n) is 6.42. The van der Waals surface area contributed by atoms with E-state index in [1.807, 2.05) is 0 Å². The second-order valence-electron chi connectivity index (χ2n) is 7.51. The maximum absolute atomic E-state index is 13.2. The molecule has 0 aromatic rings. The van der Waals surface area contributed by atoms with Gasteiger partial charge in [0.1, 0.15) is 0 Å². The molecule has 1 saturated heterocycles. The molecule has 0 aromatic carbocycles. The summed E-state index contributed by atoms with van der Waals surface area (Å²) in [6.45, 7) is 2.58. The standard InChI is InChI=1S/C17H28N2O2/c1-13-7-3-6-10-17(13,12-18)19-14(20)11-16(15(19)21)8-4-2-5-9-16/h13H,2-12,18H2,1H3. The number of carbonyl (C=O) groups is 2. The van der Waals surface area contributed by atoms with Gasteiger partial charge in [-0.05, 0) is 31.6 Å². The van der Waals surface area contributed by atoms with Crippen molar-refractivity contribution in [1.29, 1.82) is 0 Å². The molecule has 0 aromatic heterocycles. The highest BCUT2D eigenvalue weighted by molar-refractivity contribution is 6.06. The molecule has 2 atom stereocenters. The molecular weight excluding hydrogens is 264 g/mol. The van der Waals surface area contributed by atoms with Gasteiger partial charge in [-0.2, -0.15) is 0 Å². The first-order valence-corrected chi connectivity index (χ1v) is 8.63. The van der Waals surface area contributed by atoms with Crippen molar-refractivity contribution in [1.82, 2.24) is 4.90 Å². The van der Waals surface area contributed by atoms with Gasteiger partial charge in [-0.1, -0.05) is 39.0 Å². The number of imide groups is 1. The number of nitrogens with two attached hydrogens (primary N) is 1. The molecule has 3 aliphatic rings. The van der Waals surface area contributed by atoms with Crippen LogP contribution in [0.4, 0.5) is 0 Å². The van der Waals surface area contributed by atoms with Gasteiger partial charge in [0.15, 0.2) is 0 Å². The fourth-order valence-corrected chi connectivity index (χ4v) is 4.99. The van der Waals surface area contributed by atoms with Crippen LogP contribution in [-0.4, -0.2) is 28.8 Å². The lowest BCUT2D eigenvalue weighted by Gasteiger charge is -2.48. The van der Waals surface area contributed by atoms with Crippen LogP contribution in [0.5, 0.6) is 0 Å². The molecule has 2 unspecified atom stereocenters. The first-order valence-electron chi connectivity index (χ1n) is 8.63. The molecular formula is C17H28N2O2. The molecule has 2 amide bonds. The number of carbonyl (C=O) groups excluding carboxylic acids is 2. The average Bonchev–Trinajstić information content (AvgIpc) is 2.72. The van der Waals surface area contributed by atoms with Crippen molar-refractivity contribution in [3.63, 3.8) is 0 Å². The molecule has 2 N–H and O–H groups in total. The lowest BCUT2D eigenvalue weighted by Crippen LogP contribution is -2.62. The normalized spacial score (nSPS) is 36.5. The van der Waals surface area contributed by atoms with Crippen LogP contribution in [0.2, 0.25) is 0 Å². The predicted octanol–water partition coefficient (Wildman–Crippen LogP) is 2.60. The molecule has 4 heteroatoms. The van der Waals surface area contributed by atoms with Crippen LogP contribution in [-0.2, 0) is 9.59 Å². The van der Waals surface area contributed by atoms with Crippen LogP contribution in [0.1, 0.15) is 71.1 Å². The summed E-state index contributed by atoms with van der Waals surface area (Å²) in [6.07, 6.45) is 9.79. The third kappa shape index (κ3) is 2.14. The third-order valence-corrected chi connectivity index (χ3v) is 6.42. The van der Waals surface area contributed by atoms with Crippen LogP contribution in [0.15, 0.2) is 0 Å². The van der Waals surface area contributed by atoms with Gasteiger partial charge < -0.3 is 5.73 Å². The fourth-order valence-electron chi connectivity index (χ4n) is 4.99. The second-order valence-corrected chi connectivity index (χ2v) is 7.51. The van der Waals surface area contributed by atoms with E-state index in [1.54, 1.807) is 4.90 Å². The quantitative estimate of drug-likeness (QED) is 0.796. The first kappa shape index (κ1) is 15.0. The molecule has 0 bridgehead atoms. The molecule has 2 aliphatic carbocycles. The second kappa shape index (κ2) is 5.38. The fraction of sp³-hybridized carbons (Fsp3) is 0.882. The van der Waals surface area contributed by atoms with Crippen molar-refractivity contribution in [2.45, 2.75) is 76.7 Å². The molecule has 4 nitrogen and oxygen atoms in total. The number of likely N-dealkylation sites (tertiary alicyclic amines) is 1. The Morgan fingerprint density at radius 1 is 1.10 bits per heavy atom. The van der Waals surface area contributed by atoms with Crippen molar-refractivity contribution >= 4 is 11.8 Å². The molecule has 1 aliphatic heterocycles. The van der Waals surface area contributed by atoms with Crippen LogP contribution >= 0.6 is 0 Å². The van der Waals surface area contributed by atoms with E-state index in [2.05, 4.69) is 6.92 Å². The maximum atomic E-state index is 13.2. The minimum atomic E-state index is -0.409. The van der Waals surface area contributed by atoms with Crippen molar-refractivity contribution < 1.29 is 9.59 Å². The highest BCUT2D eigenvalue weighted by Gasteiger charge is 2.58. The molecule has 1 spiro atoms. The Morgan fingerprint density at radius 3 is 2.38 bits per heavy atom. The van der Waals surface area contributed by atoms with E-state index in [4.69, 9.17) is 5.73 Å². The van der Waals surface area contributed by atoms with Gasteiger partial charge >= 0.3 is 0 Å². The molecule has 118 valence electrons. The summed E-state index contributed by atoms with van der Waals surface area (Å²) in [5, 5.41) is 0. The number of hydrogen-bond acceptors (Lipinski definition) is 3. The Labute approximate surface area is 127 Å².